The minimum atomic E-state index is 0.933. The van der Waals surface area contributed by atoms with E-state index < -0.39 is 0 Å². The Labute approximate surface area is 179 Å². The van der Waals surface area contributed by atoms with Gasteiger partial charge < -0.3 is 0 Å². The maximum Gasteiger partial charge on any atom is 0.117 e. The van der Waals surface area contributed by atoms with Crippen LogP contribution >= 0.6 is 0 Å². The summed E-state index contributed by atoms with van der Waals surface area (Å²) in [6.07, 6.45) is 37.4. The van der Waals surface area contributed by atoms with Crippen molar-refractivity contribution in [2.24, 2.45) is 0 Å². The van der Waals surface area contributed by atoms with E-state index in [9.17, 15) is 0 Å². The Hall–Kier alpha value is 0.0649. The van der Waals surface area contributed by atoms with E-state index in [1.165, 1.54) is 161 Å². The van der Waals surface area contributed by atoms with Crippen molar-refractivity contribution in [2.45, 2.75) is 172 Å². The number of hydrogen-bond donors (Lipinski definition) is 0. The second-order valence-electron chi connectivity index (χ2n) is 10.3. The third-order valence-electron chi connectivity index (χ3n) is 7.59. The second kappa shape index (κ2) is 17.9. The van der Waals surface area contributed by atoms with Gasteiger partial charge in [0, 0.05) is 0 Å². The monoisotopic (exact) mass is 387 g/mol. The maximum atomic E-state index is 2.89. The molecule has 1 heteroatoms. The molecule has 0 N–H and O–H groups in total. The molecule has 163 valence electrons. The average molecular weight is 388 g/mol. The molecule has 2 saturated carbocycles. The van der Waals surface area contributed by atoms with E-state index in [1.54, 1.807) is 0 Å². The van der Waals surface area contributed by atoms with Gasteiger partial charge in [-0.2, -0.15) is 0 Å². The molecule has 2 rings (SSSR count). The smallest absolute Gasteiger partial charge is 0.0686 e. The lowest BCUT2D eigenvalue weighted by molar-refractivity contribution is 0.497. The molecular formula is C27H52B. The van der Waals surface area contributed by atoms with Crippen molar-refractivity contribution < 1.29 is 0 Å². The summed E-state index contributed by atoms with van der Waals surface area (Å²) >= 11 is 0. The fraction of sp³-hybridized carbons (Fsp3) is 1.00. The molecule has 28 heavy (non-hydrogen) atoms. The standard InChI is InChI=1S/C27H52B/c1-2-4-6-10-14-18-22-26(23-19-15-11-7-5-3-1)28-27-24-20-16-12-8-9-13-17-21-25-27/h26-27H,1-25H2. The maximum absolute atomic E-state index is 2.89. The zero-order valence-corrected chi connectivity index (χ0v) is 19.4. The molecule has 0 aromatic rings. The summed E-state index contributed by atoms with van der Waals surface area (Å²) in [5, 5.41) is 0. The highest BCUT2D eigenvalue weighted by Gasteiger charge is 2.18. The van der Waals surface area contributed by atoms with Gasteiger partial charge in [-0.05, 0) is 0 Å². The van der Waals surface area contributed by atoms with Crippen LogP contribution in [0, 0.1) is 0 Å². The Balaban J connectivity index is 1.75. The van der Waals surface area contributed by atoms with Crippen LogP contribution in [0.4, 0.5) is 0 Å². The first-order valence-corrected chi connectivity index (χ1v) is 13.8. The lowest BCUT2D eigenvalue weighted by Gasteiger charge is -2.23. The Morgan fingerprint density at radius 2 is 0.429 bits per heavy atom. The summed E-state index contributed by atoms with van der Waals surface area (Å²) in [5.41, 5.74) is 0. The van der Waals surface area contributed by atoms with E-state index in [0.29, 0.717) is 0 Å². The van der Waals surface area contributed by atoms with Crippen molar-refractivity contribution in [1.29, 1.82) is 0 Å². The van der Waals surface area contributed by atoms with Crippen molar-refractivity contribution in [3.63, 3.8) is 0 Å². The van der Waals surface area contributed by atoms with Crippen LogP contribution in [0.25, 0.3) is 0 Å². The molecule has 1 radical (unpaired) electrons. The Kier molecular flexibility index (Phi) is 15.5. The first kappa shape index (κ1) is 24.3. The fourth-order valence-corrected chi connectivity index (χ4v) is 5.69. The van der Waals surface area contributed by atoms with Crippen molar-refractivity contribution in [3.8, 4) is 0 Å². The van der Waals surface area contributed by atoms with E-state index in [2.05, 4.69) is 7.28 Å². The quantitative estimate of drug-likeness (QED) is 0.413. The third-order valence-corrected chi connectivity index (χ3v) is 7.59. The van der Waals surface area contributed by atoms with Gasteiger partial charge in [0.15, 0.2) is 0 Å². The fourth-order valence-electron chi connectivity index (χ4n) is 5.69. The molecule has 0 amide bonds. The molecule has 2 fully saturated rings. The molecular weight excluding hydrogens is 335 g/mol. The van der Waals surface area contributed by atoms with Gasteiger partial charge in [0.05, 0.1) is 0 Å². The minimum absolute atomic E-state index is 0.933. The Morgan fingerprint density at radius 3 is 0.643 bits per heavy atom. The predicted molar refractivity (Wildman–Crippen MR) is 129 cm³/mol. The van der Waals surface area contributed by atoms with Crippen LogP contribution in [-0.2, 0) is 0 Å². The molecule has 0 heterocycles. The SMILES string of the molecule is [B](C1CCCCCCCCCCCCCCC1)C1CCCCCCCCCC1. The van der Waals surface area contributed by atoms with E-state index in [0.717, 1.165) is 11.6 Å². The van der Waals surface area contributed by atoms with E-state index >= 15 is 0 Å². The van der Waals surface area contributed by atoms with Crippen LogP contribution in [0.5, 0.6) is 0 Å². The van der Waals surface area contributed by atoms with Crippen molar-refractivity contribution in [2.75, 3.05) is 0 Å². The summed E-state index contributed by atoms with van der Waals surface area (Å²) in [7, 11) is 2.89. The third kappa shape index (κ3) is 13.3. The van der Waals surface area contributed by atoms with Gasteiger partial charge in [0.2, 0.25) is 0 Å². The van der Waals surface area contributed by atoms with Crippen LogP contribution < -0.4 is 0 Å². The van der Waals surface area contributed by atoms with Crippen LogP contribution in [0.1, 0.15) is 161 Å². The van der Waals surface area contributed by atoms with Gasteiger partial charge in [-0.3, -0.25) is 0 Å². The van der Waals surface area contributed by atoms with Crippen LogP contribution in [0.3, 0.4) is 0 Å². The lowest BCUT2D eigenvalue weighted by Crippen LogP contribution is -2.12. The first-order valence-electron chi connectivity index (χ1n) is 13.8. The van der Waals surface area contributed by atoms with Gasteiger partial charge in [0.25, 0.3) is 0 Å². The highest BCUT2D eigenvalue weighted by molar-refractivity contribution is 6.39. The molecule has 0 aliphatic heterocycles. The molecule has 0 unspecified atom stereocenters. The molecule has 2 aliphatic carbocycles. The zero-order valence-electron chi connectivity index (χ0n) is 19.4. The highest BCUT2D eigenvalue weighted by atomic mass is 14.1. The number of hydrogen-bond acceptors (Lipinski definition) is 0. The summed E-state index contributed by atoms with van der Waals surface area (Å²) in [5.74, 6) is 1.87. The molecule has 0 bridgehead atoms. The second-order valence-corrected chi connectivity index (χ2v) is 10.3. The van der Waals surface area contributed by atoms with E-state index in [1.807, 2.05) is 0 Å². The lowest BCUT2D eigenvalue weighted by atomic mass is 9.50. The molecule has 0 spiro atoms. The van der Waals surface area contributed by atoms with Crippen LogP contribution in [0.15, 0.2) is 0 Å². The van der Waals surface area contributed by atoms with Gasteiger partial charge in [-0.15, -0.1) is 0 Å². The summed E-state index contributed by atoms with van der Waals surface area (Å²) < 4.78 is 0. The van der Waals surface area contributed by atoms with E-state index in [4.69, 9.17) is 0 Å². The molecule has 2 aliphatic rings. The zero-order chi connectivity index (χ0) is 19.5. The van der Waals surface area contributed by atoms with Gasteiger partial charge in [0.1, 0.15) is 7.28 Å². The normalized spacial score (nSPS) is 25.6. The predicted octanol–water partition coefficient (Wildman–Crippen LogP) is 10.0. The molecule has 0 aromatic carbocycles. The van der Waals surface area contributed by atoms with E-state index in [-0.39, 0.29) is 0 Å². The molecule has 0 nitrogen and oxygen atoms in total. The molecule has 0 atom stereocenters. The average Bonchev–Trinajstić information content (AvgIpc) is 2.76. The summed E-state index contributed by atoms with van der Waals surface area (Å²) in [6.45, 7) is 0. The first-order chi connectivity index (χ1) is 13.9. The molecule has 0 saturated heterocycles. The van der Waals surface area contributed by atoms with Crippen LogP contribution in [0.2, 0.25) is 11.6 Å². The topological polar surface area (TPSA) is 0 Å². The minimum Gasteiger partial charge on any atom is -0.0686 e. The summed E-state index contributed by atoms with van der Waals surface area (Å²) in [6, 6.07) is 0. The largest absolute Gasteiger partial charge is 0.117 e. The van der Waals surface area contributed by atoms with Gasteiger partial charge in [-0.1, -0.05) is 172 Å². The Morgan fingerprint density at radius 1 is 0.250 bits per heavy atom. The van der Waals surface area contributed by atoms with Crippen LogP contribution in [-0.4, -0.2) is 7.28 Å². The van der Waals surface area contributed by atoms with Crippen molar-refractivity contribution in [1.82, 2.24) is 0 Å². The van der Waals surface area contributed by atoms with Crippen molar-refractivity contribution in [3.05, 3.63) is 0 Å². The Bertz CT molecular complexity index is 298. The van der Waals surface area contributed by atoms with Gasteiger partial charge >= 0.3 is 0 Å². The number of rotatable bonds is 2. The highest BCUT2D eigenvalue weighted by Crippen LogP contribution is 2.32. The van der Waals surface area contributed by atoms with Crippen molar-refractivity contribution >= 4 is 7.28 Å². The summed E-state index contributed by atoms with van der Waals surface area (Å²) in [4.78, 5) is 0. The van der Waals surface area contributed by atoms with Gasteiger partial charge in [-0.25, -0.2) is 0 Å². The molecule has 0 aromatic heterocycles.